The Morgan fingerprint density at radius 3 is 2.09 bits per heavy atom. The van der Waals surface area contributed by atoms with Crippen molar-refractivity contribution in [1.82, 2.24) is 9.21 Å². The number of nitrogens with zero attached hydrogens (tertiary/aromatic N) is 2. The van der Waals surface area contributed by atoms with Crippen molar-refractivity contribution in [1.29, 1.82) is 0 Å². The molecule has 0 saturated carbocycles. The van der Waals surface area contributed by atoms with E-state index in [1.807, 2.05) is 42.5 Å². The molecule has 0 aliphatic carbocycles. The van der Waals surface area contributed by atoms with Crippen molar-refractivity contribution in [3.05, 3.63) is 83.9 Å². The molecular weight excluding hydrogens is 460 g/mol. The third kappa shape index (κ3) is 6.13. The van der Waals surface area contributed by atoms with Gasteiger partial charge < -0.3 is 9.84 Å². The Kier molecular flexibility index (Phi) is 7.67. The Balaban J connectivity index is 1.23. The van der Waals surface area contributed by atoms with Crippen molar-refractivity contribution in [2.24, 2.45) is 0 Å². The summed E-state index contributed by atoms with van der Waals surface area (Å²) >= 11 is 5.86. The van der Waals surface area contributed by atoms with Crippen molar-refractivity contribution >= 4 is 21.6 Å². The molecule has 0 bridgehead atoms. The molecule has 0 amide bonds. The van der Waals surface area contributed by atoms with Crippen LogP contribution in [0, 0.1) is 0 Å². The van der Waals surface area contributed by atoms with E-state index >= 15 is 0 Å². The summed E-state index contributed by atoms with van der Waals surface area (Å²) in [5.74, 6) is 0.701. The van der Waals surface area contributed by atoms with Crippen LogP contribution in [-0.2, 0) is 10.0 Å². The van der Waals surface area contributed by atoms with E-state index in [1.165, 1.54) is 16.4 Å². The van der Waals surface area contributed by atoms with E-state index in [9.17, 15) is 13.5 Å². The molecule has 174 valence electrons. The van der Waals surface area contributed by atoms with E-state index in [2.05, 4.69) is 17.0 Å². The van der Waals surface area contributed by atoms with Crippen molar-refractivity contribution in [2.75, 3.05) is 39.3 Å². The summed E-state index contributed by atoms with van der Waals surface area (Å²) < 4.78 is 32.8. The molecule has 4 rings (SSSR count). The number of aliphatic hydroxyl groups is 1. The molecule has 1 heterocycles. The van der Waals surface area contributed by atoms with Gasteiger partial charge in [-0.1, -0.05) is 54.1 Å². The number of hydrogen-bond acceptors (Lipinski definition) is 5. The van der Waals surface area contributed by atoms with Crippen LogP contribution in [0.2, 0.25) is 5.02 Å². The number of piperazine rings is 1. The van der Waals surface area contributed by atoms with Crippen molar-refractivity contribution in [3.8, 4) is 16.9 Å². The number of sulfonamides is 1. The molecule has 1 unspecified atom stereocenters. The minimum atomic E-state index is -3.54. The Morgan fingerprint density at radius 2 is 1.45 bits per heavy atom. The van der Waals surface area contributed by atoms with Gasteiger partial charge in [-0.2, -0.15) is 4.31 Å². The highest BCUT2D eigenvalue weighted by molar-refractivity contribution is 7.89. The first kappa shape index (κ1) is 23.7. The lowest BCUT2D eigenvalue weighted by Crippen LogP contribution is -2.50. The molecule has 33 heavy (non-hydrogen) atoms. The molecule has 1 N–H and O–H groups in total. The number of ether oxygens (including phenoxy) is 1. The summed E-state index contributed by atoms with van der Waals surface area (Å²) in [6.07, 6.45) is -0.668. The molecule has 3 aromatic carbocycles. The molecule has 1 aliphatic rings. The highest BCUT2D eigenvalue weighted by Crippen LogP contribution is 2.23. The maximum Gasteiger partial charge on any atom is 0.243 e. The quantitative estimate of drug-likeness (QED) is 0.525. The van der Waals surface area contributed by atoms with E-state index in [1.54, 1.807) is 12.1 Å². The van der Waals surface area contributed by atoms with Crippen LogP contribution in [0.3, 0.4) is 0 Å². The summed E-state index contributed by atoms with van der Waals surface area (Å²) in [6.45, 7) is 2.45. The predicted octanol–water partition coefficient (Wildman–Crippen LogP) is 3.75. The molecule has 1 fully saturated rings. The van der Waals surface area contributed by atoms with Gasteiger partial charge in [0, 0.05) is 37.7 Å². The van der Waals surface area contributed by atoms with Gasteiger partial charge in [0.15, 0.2) is 0 Å². The number of aliphatic hydroxyl groups excluding tert-OH is 1. The second kappa shape index (κ2) is 10.7. The third-order valence-corrected chi connectivity index (χ3v) is 7.82. The molecule has 0 aromatic heterocycles. The average molecular weight is 487 g/mol. The maximum atomic E-state index is 12.8. The monoisotopic (exact) mass is 486 g/mol. The molecule has 1 atom stereocenters. The fourth-order valence-corrected chi connectivity index (χ4v) is 5.37. The van der Waals surface area contributed by atoms with Gasteiger partial charge in [0.05, 0.1) is 4.90 Å². The fourth-order valence-electron chi connectivity index (χ4n) is 3.83. The fraction of sp³-hybridized carbons (Fsp3) is 0.280. The average Bonchev–Trinajstić information content (AvgIpc) is 2.84. The van der Waals surface area contributed by atoms with E-state index < -0.39 is 16.1 Å². The third-order valence-electron chi connectivity index (χ3n) is 5.66. The second-order valence-corrected chi connectivity index (χ2v) is 10.4. The summed E-state index contributed by atoms with van der Waals surface area (Å²) in [5, 5.41) is 10.9. The van der Waals surface area contributed by atoms with Crippen LogP contribution in [0.1, 0.15) is 0 Å². The molecule has 1 aliphatic heterocycles. The normalized spacial score (nSPS) is 16.4. The Bertz CT molecular complexity index is 1130. The van der Waals surface area contributed by atoms with Gasteiger partial charge in [-0.15, -0.1) is 0 Å². The smallest absolute Gasteiger partial charge is 0.243 e. The lowest BCUT2D eigenvalue weighted by molar-refractivity contribution is 0.0569. The van der Waals surface area contributed by atoms with E-state index in [4.69, 9.17) is 16.3 Å². The predicted molar refractivity (Wildman–Crippen MR) is 130 cm³/mol. The first-order chi connectivity index (χ1) is 15.9. The Morgan fingerprint density at radius 1 is 0.848 bits per heavy atom. The Labute approximate surface area is 200 Å². The highest BCUT2D eigenvalue weighted by atomic mass is 35.5. The van der Waals surface area contributed by atoms with Crippen molar-refractivity contribution in [3.63, 3.8) is 0 Å². The lowest BCUT2D eigenvalue weighted by atomic mass is 10.1. The zero-order chi connectivity index (χ0) is 23.3. The molecule has 3 aromatic rings. The van der Waals surface area contributed by atoms with Gasteiger partial charge in [-0.05, 0) is 47.5 Å². The Hall–Kier alpha value is -2.42. The van der Waals surface area contributed by atoms with Gasteiger partial charge in [0.25, 0.3) is 0 Å². The van der Waals surface area contributed by atoms with Gasteiger partial charge >= 0.3 is 0 Å². The molecule has 8 heteroatoms. The summed E-state index contributed by atoms with van der Waals surface area (Å²) in [4.78, 5) is 2.30. The number of β-amino-alcohol motifs (C(OH)–C–C–N with tert-alkyl or cyclic N) is 1. The lowest BCUT2D eigenvalue weighted by Gasteiger charge is -2.34. The SMILES string of the molecule is O=S(=O)(c1ccc(Cl)cc1)N1CCN(CC(O)COc2ccc(-c3ccccc3)cc2)CC1. The standard InChI is InChI=1S/C25H27ClN2O4S/c26-22-8-12-25(13-9-22)33(30,31)28-16-14-27(15-17-28)18-23(29)19-32-24-10-6-21(7-11-24)20-4-2-1-3-5-20/h1-13,23,29H,14-19H2. The van der Waals surface area contributed by atoms with Gasteiger partial charge in [0.2, 0.25) is 10.0 Å². The van der Waals surface area contributed by atoms with E-state index in [0.717, 1.165) is 11.1 Å². The molecule has 1 saturated heterocycles. The molecule has 0 spiro atoms. The van der Waals surface area contributed by atoms with E-state index in [-0.39, 0.29) is 11.5 Å². The highest BCUT2D eigenvalue weighted by Gasteiger charge is 2.29. The number of halogens is 1. The molecule has 0 radical (unpaired) electrons. The largest absolute Gasteiger partial charge is 0.491 e. The topological polar surface area (TPSA) is 70.1 Å². The van der Waals surface area contributed by atoms with Gasteiger partial charge in [-0.25, -0.2) is 8.42 Å². The summed E-state index contributed by atoms with van der Waals surface area (Å²) in [6, 6.07) is 24.1. The van der Waals surface area contributed by atoms with Crippen molar-refractivity contribution in [2.45, 2.75) is 11.0 Å². The second-order valence-electron chi connectivity index (χ2n) is 8.01. The summed E-state index contributed by atoms with van der Waals surface area (Å²) in [5.41, 5.74) is 2.25. The van der Waals surface area contributed by atoms with Crippen LogP contribution in [0.5, 0.6) is 5.75 Å². The number of hydrogen-bond donors (Lipinski definition) is 1. The zero-order valence-electron chi connectivity index (χ0n) is 18.2. The van der Waals surface area contributed by atoms with Crippen LogP contribution in [0.15, 0.2) is 83.8 Å². The van der Waals surface area contributed by atoms with Crippen LogP contribution >= 0.6 is 11.6 Å². The van der Waals surface area contributed by atoms with Crippen molar-refractivity contribution < 1.29 is 18.3 Å². The van der Waals surface area contributed by atoms with Crippen LogP contribution in [0.4, 0.5) is 0 Å². The number of rotatable bonds is 8. The van der Waals surface area contributed by atoms with Crippen LogP contribution in [-0.4, -0.2) is 68.2 Å². The van der Waals surface area contributed by atoms with Gasteiger partial charge in [-0.3, -0.25) is 4.90 Å². The zero-order valence-corrected chi connectivity index (χ0v) is 19.8. The van der Waals surface area contributed by atoms with Crippen LogP contribution in [0.25, 0.3) is 11.1 Å². The minimum Gasteiger partial charge on any atom is -0.491 e. The molecular formula is C25H27ClN2O4S. The minimum absolute atomic E-state index is 0.175. The van der Waals surface area contributed by atoms with Gasteiger partial charge in [0.1, 0.15) is 18.5 Å². The first-order valence-corrected chi connectivity index (χ1v) is 12.7. The maximum absolute atomic E-state index is 12.8. The van der Waals surface area contributed by atoms with Crippen LogP contribution < -0.4 is 4.74 Å². The molecule has 6 nitrogen and oxygen atoms in total. The first-order valence-electron chi connectivity index (χ1n) is 10.9. The van der Waals surface area contributed by atoms with E-state index in [0.29, 0.717) is 43.5 Å². The summed E-state index contributed by atoms with van der Waals surface area (Å²) in [7, 11) is -3.54. The number of benzene rings is 3.